The molecule has 1 aromatic rings. The van der Waals surface area contributed by atoms with Gasteiger partial charge in [0.15, 0.2) is 0 Å². The Morgan fingerprint density at radius 3 is 2.61 bits per heavy atom. The normalized spacial score (nSPS) is 12.5. The molecule has 1 unspecified atom stereocenters. The molecule has 1 rings (SSSR count). The van der Waals surface area contributed by atoms with Gasteiger partial charge in [-0.3, -0.25) is 4.79 Å². The summed E-state index contributed by atoms with van der Waals surface area (Å²) in [7, 11) is 0. The summed E-state index contributed by atoms with van der Waals surface area (Å²) in [5.74, 6) is -0.000427. The van der Waals surface area contributed by atoms with Gasteiger partial charge in [-0.25, -0.2) is 0 Å². The fraction of sp³-hybridized carbons (Fsp3) is 0.500. The number of hydrogen-bond donors (Lipinski definition) is 2. The van der Waals surface area contributed by atoms with Crippen molar-refractivity contribution in [3.63, 3.8) is 0 Å². The molecule has 0 heterocycles. The second-order valence-electron chi connectivity index (χ2n) is 4.83. The maximum atomic E-state index is 10.5. The lowest BCUT2D eigenvalue weighted by atomic mass is 10.0. The number of carboxylic acids is 1. The summed E-state index contributed by atoms with van der Waals surface area (Å²) in [6.07, 6.45) is 0.696. The number of rotatable bonds is 6. The van der Waals surface area contributed by atoms with E-state index in [2.05, 4.69) is 0 Å². The molecule has 4 heteroatoms. The van der Waals surface area contributed by atoms with Crippen molar-refractivity contribution in [1.82, 2.24) is 0 Å². The summed E-state index contributed by atoms with van der Waals surface area (Å²) >= 11 is 0. The number of aryl methyl sites for hydroxylation is 1. The molecule has 18 heavy (non-hydrogen) atoms. The van der Waals surface area contributed by atoms with Crippen LogP contribution in [0.4, 0.5) is 0 Å². The van der Waals surface area contributed by atoms with Crippen molar-refractivity contribution in [3.05, 3.63) is 29.3 Å². The molecule has 0 saturated carbocycles. The highest BCUT2D eigenvalue weighted by molar-refractivity contribution is 5.67. The van der Waals surface area contributed by atoms with Gasteiger partial charge < -0.3 is 15.6 Å². The van der Waals surface area contributed by atoms with E-state index in [-0.39, 0.29) is 18.6 Å². The third-order valence-corrected chi connectivity index (χ3v) is 2.54. The van der Waals surface area contributed by atoms with Gasteiger partial charge in [0.05, 0.1) is 12.5 Å². The van der Waals surface area contributed by atoms with Crippen LogP contribution in [0.25, 0.3) is 0 Å². The van der Waals surface area contributed by atoms with Crippen molar-refractivity contribution in [2.45, 2.75) is 45.8 Å². The van der Waals surface area contributed by atoms with Gasteiger partial charge in [0.25, 0.3) is 0 Å². The Labute approximate surface area is 108 Å². The van der Waals surface area contributed by atoms with Gasteiger partial charge >= 0.3 is 5.97 Å². The van der Waals surface area contributed by atoms with Gasteiger partial charge in [0.2, 0.25) is 0 Å². The van der Waals surface area contributed by atoms with Gasteiger partial charge in [0, 0.05) is 6.04 Å². The van der Waals surface area contributed by atoms with Gasteiger partial charge in [-0.05, 0) is 44.4 Å². The molecule has 1 atom stereocenters. The number of hydrogen-bond acceptors (Lipinski definition) is 3. The molecule has 0 aliphatic heterocycles. The van der Waals surface area contributed by atoms with E-state index in [0.717, 1.165) is 16.9 Å². The van der Waals surface area contributed by atoms with Gasteiger partial charge in [0.1, 0.15) is 5.75 Å². The van der Waals surface area contributed by atoms with E-state index in [9.17, 15) is 4.79 Å². The van der Waals surface area contributed by atoms with Crippen molar-refractivity contribution in [3.8, 4) is 5.75 Å². The number of nitrogens with two attached hydrogens (primary N) is 1. The zero-order valence-corrected chi connectivity index (χ0v) is 11.1. The first-order valence-corrected chi connectivity index (χ1v) is 6.12. The second-order valence-corrected chi connectivity index (χ2v) is 4.83. The number of aliphatic carboxylic acids is 1. The van der Waals surface area contributed by atoms with Crippen LogP contribution in [0.15, 0.2) is 18.2 Å². The van der Waals surface area contributed by atoms with Crippen molar-refractivity contribution in [2.75, 3.05) is 0 Å². The van der Waals surface area contributed by atoms with Crippen LogP contribution in [0.1, 0.15) is 31.4 Å². The molecule has 0 aromatic heterocycles. The molecule has 0 amide bonds. The van der Waals surface area contributed by atoms with Crippen molar-refractivity contribution in [2.24, 2.45) is 5.73 Å². The minimum atomic E-state index is -0.862. The number of carboxylic acid groups (broad SMARTS) is 1. The van der Waals surface area contributed by atoms with Crippen LogP contribution in [0.2, 0.25) is 0 Å². The third-order valence-electron chi connectivity index (χ3n) is 2.54. The zero-order chi connectivity index (χ0) is 13.7. The van der Waals surface area contributed by atoms with Crippen LogP contribution in [0, 0.1) is 6.92 Å². The Morgan fingerprint density at radius 2 is 2.11 bits per heavy atom. The highest BCUT2D eigenvalue weighted by atomic mass is 16.5. The molecular weight excluding hydrogens is 230 g/mol. The molecule has 3 N–H and O–H groups in total. The van der Waals surface area contributed by atoms with Crippen LogP contribution >= 0.6 is 0 Å². The summed E-state index contributed by atoms with van der Waals surface area (Å²) < 4.78 is 5.64. The molecule has 0 spiro atoms. The first kappa shape index (κ1) is 14.5. The topological polar surface area (TPSA) is 72.6 Å². The molecule has 0 radical (unpaired) electrons. The summed E-state index contributed by atoms with van der Waals surface area (Å²) in [4.78, 5) is 10.5. The molecule has 0 aliphatic carbocycles. The molecule has 0 fully saturated rings. The number of benzene rings is 1. The van der Waals surface area contributed by atoms with Gasteiger partial charge in [-0.1, -0.05) is 12.1 Å². The Balaban J connectivity index is 2.69. The third kappa shape index (κ3) is 4.75. The molecule has 100 valence electrons. The summed E-state index contributed by atoms with van der Waals surface area (Å²) in [6.45, 7) is 5.94. The van der Waals surface area contributed by atoms with E-state index in [1.807, 2.05) is 39.0 Å². The van der Waals surface area contributed by atoms with E-state index < -0.39 is 5.97 Å². The largest absolute Gasteiger partial charge is 0.491 e. The summed E-state index contributed by atoms with van der Waals surface area (Å²) in [6, 6.07) is 5.50. The Kier molecular flexibility index (Phi) is 5.16. The lowest BCUT2D eigenvalue weighted by Gasteiger charge is -2.14. The lowest BCUT2D eigenvalue weighted by Crippen LogP contribution is -2.26. The highest BCUT2D eigenvalue weighted by Gasteiger charge is 2.10. The van der Waals surface area contributed by atoms with Gasteiger partial charge in [-0.15, -0.1) is 0 Å². The molecule has 0 bridgehead atoms. The van der Waals surface area contributed by atoms with E-state index >= 15 is 0 Å². The standard InChI is InChI=1S/C14H21NO3/c1-9(2)18-13-5-4-11(6-10(13)3)7-12(15)8-14(16)17/h4-6,9,12H,7-8,15H2,1-3H3,(H,16,17). The van der Waals surface area contributed by atoms with Crippen molar-refractivity contribution >= 4 is 5.97 Å². The van der Waals surface area contributed by atoms with Crippen LogP contribution < -0.4 is 10.5 Å². The maximum Gasteiger partial charge on any atom is 0.304 e. The first-order chi connectivity index (χ1) is 8.38. The van der Waals surface area contributed by atoms with Crippen molar-refractivity contribution in [1.29, 1.82) is 0 Å². The minimum Gasteiger partial charge on any atom is -0.491 e. The molecular formula is C14H21NO3. The second kappa shape index (κ2) is 6.40. The number of carbonyl (C=O) groups is 1. The highest BCUT2D eigenvalue weighted by Crippen LogP contribution is 2.21. The fourth-order valence-corrected chi connectivity index (χ4v) is 1.82. The molecule has 0 aliphatic rings. The predicted octanol–water partition coefficient (Wildman–Crippen LogP) is 2.13. The van der Waals surface area contributed by atoms with E-state index in [4.69, 9.17) is 15.6 Å². The Bertz CT molecular complexity index is 416. The average Bonchev–Trinajstić information content (AvgIpc) is 2.20. The Morgan fingerprint density at radius 1 is 1.44 bits per heavy atom. The van der Waals surface area contributed by atoms with E-state index in [1.165, 1.54) is 0 Å². The Hall–Kier alpha value is -1.55. The molecule has 4 nitrogen and oxygen atoms in total. The van der Waals surface area contributed by atoms with Crippen molar-refractivity contribution < 1.29 is 14.6 Å². The fourth-order valence-electron chi connectivity index (χ4n) is 1.82. The first-order valence-electron chi connectivity index (χ1n) is 6.12. The van der Waals surface area contributed by atoms with Crippen LogP contribution in [0.5, 0.6) is 5.75 Å². The molecule has 1 aromatic carbocycles. The minimum absolute atomic E-state index is 0.0106. The summed E-state index contributed by atoms with van der Waals surface area (Å²) in [5, 5.41) is 8.66. The zero-order valence-electron chi connectivity index (χ0n) is 11.1. The van der Waals surface area contributed by atoms with Gasteiger partial charge in [-0.2, -0.15) is 0 Å². The SMILES string of the molecule is Cc1cc(CC(N)CC(=O)O)ccc1OC(C)C. The average molecular weight is 251 g/mol. The quantitative estimate of drug-likeness (QED) is 0.812. The smallest absolute Gasteiger partial charge is 0.304 e. The predicted molar refractivity (Wildman–Crippen MR) is 70.9 cm³/mol. The monoisotopic (exact) mass is 251 g/mol. The van der Waals surface area contributed by atoms with E-state index in [1.54, 1.807) is 0 Å². The lowest BCUT2D eigenvalue weighted by molar-refractivity contribution is -0.137. The van der Waals surface area contributed by atoms with Crippen LogP contribution in [0.3, 0.4) is 0 Å². The molecule has 0 saturated heterocycles. The van der Waals surface area contributed by atoms with Crippen LogP contribution in [-0.4, -0.2) is 23.2 Å². The van der Waals surface area contributed by atoms with Crippen LogP contribution in [-0.2, 0) is 11.2 Å². The summed E-state index contributed by atoms with van der Waals surface area (Å²) in [5.41, 5.74) is 7.85. The van der Waals surface area contributed by atoms with E-state index in [0.29, 0.717) is 6.42 Å². The number of ether oxygens (including phenoxy) is 1. The maximum absolute atomic E-state index is 10.5.